The second kappa shape index (κ2) is 5.12. The number of hydrogen-bond acceptors (Lipinski definition) is 3. The molecule has 0 fully saturated rings. The molecule has 2 atom stereocenters. The highest BCUT2D eigenvalue weighted by Gasteiger charge is 2.21. The SMILES string of the molecule is COc1cccc(C(C(C)C)C(C)N)n1. The van der Waals surface area contributed by atoms with E-state index in [-0.39, 0.29) is 12.0 Å². The Morgan fingerprint density at radius 3 is 2.40 bits per heavy atom. The molecule has 1 rings (SSSR count). The van der Waals surface area contributed by atoms with Crippen LogP contribution in [0.2, 0.25) is 0 Å². The maximum atomic E-state index is 5.98. The Morgan fingerprint density at radius 2 is 1.93 bits per heavy atom. The zero-order chi connectivity index (χ0) is 11.4. The summed E-state index contributed by atoms with van der Waals surface area (Å²) in [7, 11) is 1.63. The summed E-state index contributed by atoms with van der Waals surface area (Å²) in [4.78, 5) is 4.43. The van der Waals surface area contributed by atoms with Crippen LogP contribution in [0.4, 0.5) is 0 Å². The smallest absolute Gasteiger partial charge is 0.213 e. The van der Waals surface area contributed by atoms with Crippen molar-refractivity contribution in [1.82, 2.24) is 4.98 Å². The van der Waals surface area contributed by atoms with Gasteiger partial charge in [0.2, 0.25) is 5.88 Å². The third-order valence-corrected chi connectivity index (χ3v) is 2.58. The fourth-order valence-corrected chi connectivity index (χ4v) is 1.95. The molecule has 1 aromatic rings. The normalized spacial score (nSPS) is 15.1. The molecule has 2 unspecified atom stereocenters. The maximum Gasteiger partial charge on any atom is 0.213 e. The molecule has 0 aliphatic heterocycles. The second-order valence-corrected chi connectivity index (χ2v) is 4.23. The number of nitrogens with two attached hydrogens (primary N) is 1. The first-order chi connectivity index (χ1) is 7.06. The summed E-state index contributed by atoms with van der Waals surface area (Å²) >= 11 is 0. The van der Waals surface area contributed by atoms with E-state index in [0.717, 1.165) is 5.69 Å². The van der Waals surface area contributed by atoms with Gasteiger partial charge in [-0.2, -0.15) is 0 Å². The average molecular weight is 208 g/mol. The second-order valence-electron chi connectivity index (χ2n) is 4.23. The summed E-state index contributed by atoms with van der Waals surface area (Å²) in [6.07, 6.45) is 0. The van der Waals surface area contributed by atoms with Crippen LogP contribution in [0.3, 0.4) is 0 Å². The summed E-state index contributed by atoms with van der Waals surface area (Å²) < 4.78 is 5.11. The highest BCUT2D eigenvalue weighted by Crippen LogP contribution is 2.26. The number of nitrogens with zero attached hydrogens (tertiary/aromatic N) is 1. The molecule has 0 saturated carbocycles. The monoisotopic (exact) mass is 208 g/mol. The molecular formula is C12H20N2O. The zero-order valence-corrected chi connectivity index (χ0v) is 9.90. The van der Waals surface area contributed by atoms with Crippen molar-refractivity contribution in [2.75, 3.05) is 7.11 Å². The van der Waals surface area contributed by atoms with Crippen LogP contribution in [-0.2, 0) is 0 Å². The van der Waals surface area contributed by atoms with E-state index in [1.165, 1.54) is 0 Å². The van der Waals surface area contributed by atoms with Crippen LogP contribution < -0.4 is 10.5 Å². The lowest BCUT2D eigenvalue weighted by Gasteiger charge is -2.24. The van der Waals surface area contributed by atoms with Gasteiger partial charge in [-0.05, 0) is 18.9 Å². The summed E-state index contributed by atoms with van der Waals surface area (Å²) in [6, 6.07) is 5.92. The highest BCUT2D eigenvalue weighted by atomic mass is 16.5. The molecular weight excluding hydrogens is 188 g/mol. The highest BCUT2D eigenvalue weighted by molar-refractivity contribution is 5.20. The predicted octanol–water partition coefficient (Wildman–Crippen LogP) is 2.18. The van der Waals surface area contributed by atoms with E-state index in [2.05, 4.69) is 18.8 Å². The van der Waals surface area contributed by atoms with Gasteiger partial charge in [0.25, 0.3) is 0 Å². The Bertz CT molecular complexity index is 302. The summed E-state index contributed by atoms with van der Waals surface area (Å²) in [5.74, 6) is 1.41. The molecule has 15 heavy (non-hydrogen) atoms. The van der Waals surface area contributed by atoms with Gasteiger partial charge < -0.3 is 10.5 Å². The zero-order valence-electron chi connectivity index (χ0n) is 9.90. The molecule has 2 N–H and O–H groups in total. The molecule has 0 spiro atoms. The van der Waals surface area contributed by atoms with Gasteiger partial charge in [-0.1, -0.05) is 19.9 Å². The van der Waals surface area contributed by atoms with Crippen molar-refractivity contribution in [3.63, 3.8) is 0 Å². The van der Waals surface area contributed by atoms with Gasteiger partial charge in [0.15, 0.2) is 0 Å². The van der Waals surface area contributed by atoms with E-state index >= 15 is 0 Å². The lowest BCUT2D eigenvalue weighted by molar-refractivity contribution is 0.383. The van der Waals surface area contributed by atoms with E-state index in [4.69, 9.17) is 10.5 Å². The van der Waals surface area contributed by atoms with Crippen molar-refractivity contribution in [3.8, 4) is 5.88 Å². The van der Waals surface area contributed by atoms with Crippen LogP contribution >= 0.6 is 0 Å². The first-order valence-corrected chi connectivity index (χ1v) is 5.32. The summed E-state index contributed by atoms with van der Waals surface area (Å²) in [5.41, 5.74) is 6.99. The number of ether oxygens (including phenoxy) is 1. The third kappa shape index (κ3) is 2.93. The van der Waals surface area contributed by atoms with Gasteiger partial charge in [-0.15, -0.1) is 0 Å². The van der Waals surface area contributed by atoms with E-state index in [0.29, 0.717) is 11.8 Å². The van der Waals surface area contributed by atoms with Crippen molar-refractivity contribution in [3.05, 3.63) is 23.9 Å². The van der Waals surface area contributed by atoms with E-state index in [1.807, 2.05) is 25.1 Å². The molecule has 84 valence electrons. The van der Waals surface area contributed by atoms with Gasteiger partial charge in [0.05, 0.1) is 7.11 Å². The number of aromatic nitrogens is 1. The van der Waals surface area contributed by atoms with Gasteiger partial charge in [0, 0.05) is 23.7 Å². The van der Waals surface area contributed by atoms with Crippen LogP contribution in [0.25, 0.3) is 0 Å². The van der Waals surface area contributed by atoms with Crippen molar-refractivity contribution >= 4 is 0 Å². The Balaban J connectivity index is 3.00. The quantitative estimate of drug-likeness (QED) is 0.825. The van der Waals surface area contributed by atoms with Gasteiger partial charge in [-0.25, -0.2) is 4.98 Å². The van der Waals surface area contributed by atoms with Crippen LogP contribution in [-0.4, -0.2) is 18.1 Å². The predicted molar refractivity (Wildman–Crippen MR) is 62.0 cm³/mol. The number of methoxy groups -OCH3 is 1. The van der Waals surface area contributed by atoms with Gasteiger partial charge in [0.1, 0.15) is 0 Å². The lowest BCUT2D eigenvalue weighted by Crippen LogP contribution is -2.29. The van der Waals surface area contributed by atoms with Crippen molar-refractivity contribution in [2.24, 2.45) is 11.7 Å². The molecule has 0 aromatic carbocycles. The molecule has 3 heteroatoms. The minimum Gasteiger partial charge on any atom is -0.481 e. The number of pyridine rings is 1. The van der Waals surface area contributed by atoms with Gasteiger partial charge in [-0.3, -0.25) is 0 Å². The van der Waals surface area contributed by atoms with E-state index < -0.39 is 0 Å². The Kier molecular flexibility index (Phi) is 4.09. The molecule has 0 amide bonds. The molecule has 0 aliphatic rings. The van der Waals surface area contributed by atoms with Crippen LogP contribution in [0.5, 0.6) is 5.88 Å². The molecule has 0 saturated heterocycles. The fraction of sp³-hybridized carbons (Fsp3) is 0.583. The Morgan fingerprint density at radius 1 is 1.27 bits per heavy atom. The number of rotatable bonds is 4. The minimum atomic E-state index is 0.101. The first-order valence-electron chi connectivity index (χ1n) is 5.32. The number of hydrogen-bond donors (Lipinski definition) is 1. The fourth-order valence-electron chi connectivity index (χ4n) is 1.95. The van der Waals surface area contributed by atoms with E-state index in [1.54, 1.807) is 7.11 Å². The molecule has 1 heterocycles. The summed E-state index contributed by atoms with van der Waals surface area (Å²) in [5, 5.41) is 0. The lowest BCUT2D eigenvalue weighted by atomic mass is 9.86. The Hall–Kier alpha value is -1.09. The standard InChI is InChI=1S/C12H20N2O/c1-8(2)12(9(3)13)10-6-5-7-11(14-10)15-4/h5-9,12H,13H2,1-4H3. The average Bonchev–Trinajstić information content (AvgIpc) is 2.17. The van der Waals surface area contributed by atoms with Gasteiger partial charge >= 0.3 is 0 Å². The van der Waals surface area contributed by atoms with Crippen molar-refractivity contribution in [2.45, 2.75) is 32.7 Å². The molecule has 0 aliphatic carbocycles. The molecule has 0 radical (unpaired) electrons. The minimum absolute atomic E-state index is 0.101. The largest absolute Gasteiger partial charge is 0.481 e. The Labute approximate surface area is 91.7 Å². The van der Waals surface area contributed by atoms with Crippen LogP contribution in [0.15, 0.2) is 18.2 Å². The molecule has 3 nitrogen and oxygen atoms in total. The maximum absolute atomic E-state index is 5.98. The van der Waals surface area contributed by atoms with Crippen LogP contribution in [0.1, 0.15) is 32.4 Å². The van der Waals surface area contributed by atoms with Crippen molar-refractivity contribution in [1.29, 1.82) is 0 Å². The van der Waals surface area contributed by atoms with Crippen molar-refractivity contribution < 1.29 is 4.74 Å². The van der Waals surface area contributed by atoms with E-state index in [9.17, 15) is 0 Å². The first kappa shape index (κ1) is 12.0. The van der Waals surface area contributed by atoms with Crippen LogP contribution in [0, 0.1) is 5.92 Å². The topological polar surface area (TPSA) is 48.1 Å². The molecule has 1 aromatic heterocycles. The third-order valence-electron chi connectivity index (χ3n) is 2.58. The molecule has 0 bridgehead atoms. The summed E-state index contributed by atoms with van der Waals surface area (Å²) in [6.45, 7) is 6.34.